The van der Waals surface area contributed by atoms with Gasteiger partial charge in [-0.2, -0.15) is 5.26 Å². The Balaban J connectivity index is 3.68. The first-order valence-corrected chi connectivity index (χ1v) is 4.20. The van der Waals surface area contributed by atoms with Gasteiger partial charge in [0.1, 0.15) is 17.9 Å². The standard InChI is InChI=1S/C10H6N2O4/c1-6(14)9-3-7(5-13)2-8(4-11)10(9)12(15)16/h2-3,5H,1H3. The van der Waals surface area contributed by atoms with Crippen LogP contribution in [0.15, 0.2) is 12.1 Å². The van der Waals surface area contributed by atoms with Crippen LogP contribution in [0.4, 0.5) is 5.69 Å². The molecule has 0 saturated heterocycles. The van der Waals surface area contributed by atoms with E-state index in [0.29, 0.717) is 6.29 Å². The van der Waals surface area contributed by atoms with Crippen LogP contribution in [0.25, 0.3) is 0 Å². The number of nitro groups is 1. The minimum atomic E-state index is -0.802. The fourth-order valence-electron chi connectivity index (χ4n) is 1.28. The first kappa shape index (κ1) is 11.5. The van der Waals surface area contributed by atoms with Gasteiger partial charge in [-0.1, -0.05) is 0 Å². The minimum absolute atomic E-state index is 0.0624. The molecule has 1 aromatic carbocycles. The lowest BCUT2D eigenvalue weighted by atomic mass is 10.0. The van der Waals surface area contributed by atoms with Crippen molar-refractivity contribution in [2.24, 2.45) is 0 Å². The van der Waals surface area contributed by atoms with E-state index in [1.807, 2.05) is 0 Å². The maximum atomic E-state index is 11.2. The highest BCUT2D eigenvalue weighted by atomic mass is 16.6. The molecular formula is C10H6N2O4. The number of hydrogen-bond acceptors (Lipinski definition) is 5. The molecule has 80 valence electrons. The van der Waals surface area contributed by atoms with Crippen molar-refractivity contribution >= 4 is 17.8 Å². The second-order valence-corrected chi connectivity index (χ2v) is 3.01. The maximum Gasteiger partial charge on any atom is 0.297 e. The zero-order valence-corrected chi connectivity index (χ0v) is 8.26. The molecule has 0 amide bonds. The third kappa shape index (κ3) is 1.93. The number of hydrogen-bond donors (Lipinski definition) is 0. The molecule has 0 saturated carbocycles. The van der Waals surface area contributed by atoms with Crippen LogP contribution in [-0.4, -0.2) is 17.0 Å². The smallest absolute Gasteiger partial charge is 0.297 e. The van der Waals surface area contributed by atoms with E-state index in [1.54, 1.807) is 6.07 Å². The van der Waals surface area contributed by atoms with E-state index >= 15 is 0 Å². The zero-order chi connectivity index (χ0) is 12.3. The van der Waals surface area contributed by atoms with E-state index in [0.717, 1.165) is 19.1 Å². The zero-order valence-electron chi connectivity index (χ0n) is 8.26. The number of ketones is 1. The number of nitro benzene ring substituents is 1. The van der Waals surface area contributed by atoms with Crippen molar-refractivity contribution < 1.29 is 14.5 Å². The van der Waals surface area contributed by atoms with Crippen molar-refractivity contribution in [2.45, 2.75) is 6.92 Å². The quantitative estimate of drug-likeness (QED) is 0.331. The van der Waals surface area contributed by atoms with Crippen LogP contribution < -0.4 is 0 Å². The van der Waals surface area contributed by atoms with Crippen molar-refractivity contribution in [3.63, 3.8) is 0 Å². The van der Waals surface area contributed by atoms with E-state index < -0.39 is 16.4 Å². The highest BCUT2D eigenvalue weighted by Crippen LogP contribution is 2.25. The fourth-order valence-corrected chi connectivity index (χ4v) is 1.28. The molecule has 1 aromatic rings. The van der Waals surface area contributed by atoms with Gasteiger partial charge in [-0.15, -0.1) is 0 Å². The van der Waals surface area contributed by atoms with Gasteiger partial charge in [-0.05, 0) is 19.1 Å². The molecule has 0 aliphatic carbocycles. The summed E-state index contributed by atoms with van der Waals surface area (Å²) in [5.74, 6) is -0.563. The van der Waals surface area contributed by atoms with Crippen molar-refractivity contribution in [1.29, 1.82) is 5.26 Å². The molecule has 6 heteroatoms. The van der Waals surface area contributed by atoms with Crippen LogP contribution in [0.1, 0.15) is 33.2 Å². The van der Waals surface area contributed by atoms with Gasteiger partial charge in [0, 0.05) is 5.56 Å². The lowest BCUT2D eigenvalue weighted by molar-refractivity contribution is -0.385. The van der Waals surface area contributed by atoms with Gasteiger partial charge >= 0.3 is 0 Å². The lowest BCUT2D eigenvalue weighted by Gasteiger charge is -2.01. The van der Waals surface area contributed by atoms with Crippen LogP contribution in [-0.2, 0) is 0 Å². The van der Waals surface area contributed by atoms with Crippen LogP contribution in [0, 0.1) is 21.4 Å². The monoisotopic (exact) mass is 218 g/mol. The average Bonchev–Trinajstić information content (AvgIpc) is 2.26. The summed E-state index contributed by atoms with van der Waals surface area (Å²) in [7, 11) is 0. The second-order valence-electron chi connectivity index (χ2n) is 3.01. The Morgan fingerprint density at radius 3 is 2.56 bits per heavy atom. The van der Waals surface area contributed by atoms with E-state index in [4.69, 9.17) is 5.26 Å². The Bertz CT molecular complexity index is 528. The van der Waals surface area contributed by atoms with Crippen molar-refractivity contribution in [1.82, 2.24) is 0 Å². The SMILES string of the molecule is CC(=O)c1cc(C=O)cc(C#N)c1[N+](=O)[O-]. The first-order valence-electron chi connectivity index (χ1n) is 4.20. The van der Waals surface area contributed by atoms with E-state index in [1.165, 1.54) is 0 Å². The number of carbonyl (C=O) groups is 2. The maximum absolute atomic E-state index is 11.2. The molecule has 0 radical (unpaired) electrons. The Kier molecular flexibility index (Phi) is 3.11. The van der Waals surface area contributed by atoms with E-state index in [-0.39, 0.29) is 16.7 Å². The number of rotatable bonds is 3. The van der Waals surface area contributed by atoms with Gasteiger partial charge < -0.3 is 0 Å². The third-order valence-corrected chi connectivity index (χ3v) is 1.95. The molecule has 0 spiro atoms. The summed E-state index contributed by atoms with van der Waals surface area (Å²) in [6.07, 6.45) is 0.428. The number of nitriles is 1. The van der Waals surface area contributed by atoms with Crippen LogP contribution in [0.2, 0.25) is 0 Å². The number of nitrogens with zero attached hydrogens (tertiary/aromatic N) is 2. The van der Waals surface area contributed by atoms with Crippen LogP contribution in [0.3, 0.4) is 0 Å². The number of benzene rings is 1. The Morgan fingerprint density at radius 1 is 1.56 bits per heavy atom. The van der Waals surface area contributed by atoms with Crippen molar-refractivity contribution in [3.8, 4) is 6.07 Å². The minimum Gasteiger partial charge on any atom is -0.298 e. The lowest BCUT2D eigenvalue weighted by Crippen LogP contribution is -2.04. The summed E-state index contributed by atoms with van der Waals surface area (Å²) in [5.41, 5.74) is -1.01. The van der Waals surface area contributed by atoms with Gasteiger partial charge in [0.25, 0.3) is 5.69 Å². The molecular weight excluding hydrogens is 212 g/mol. The van der Waals surface area contributed by atoms with E-state index in [9.17, 15) is 19.7 Å². The normalized spacial score (nSPS) is 9.25. The summed E-state index contributed by atoms with van der Waals surface area (Å²) in [6.45, 7) is 1.14. The molecule has 0 aliphatic rings. The van der Waals surface area contributed by atoms with Gasteiger partial charge in [0.2, 0.25) is 0 Å². The molecule has 0 N–H and O–H groups in total. The molecule has 0 aromatic heterocycles. The summed E-state index contributed by atoms with van der Waals surface area (Å²) in [6, 6.07) is 3.78. The molecule has 0 heterocycles. The molecule has 1 rings (SSSR count). The predicted molar refractivity (Wildman–Crippen MR) is 53.2 cm³/mol. The first-order chi connectivity index (χ1) is 7.51. The number of Topliss-reactive ketones (excluding diaryl/α,β-unsaturated/α-hetero) is 1. The fraction of sp³-hybridized carbons (Fsp3) is 0.100. The molecule has 0 bridgehead atoms. The molecule has 6 nitrogen and oxygen atoms in total. The Morgan fingerprint density at radius 2 is 2.19 bits per heavy atom. The Labute approximate surface area is 90.3 Å². The van der Waals surface area contributed by atoms with Crippen molar-refractivity contribution in [2.75, 3.05) is 0 Å². The van der Waals surface area contributed by atoms with Crippen LogP contribution >= 0.6 is 0 Å². The highest BCUT2D eigenvalue weighted by molar-refractivity contribution is 6.00. The topological polar surface area (TPSA) is 101 Å². The Hall–Kier alpha value is -2.55. The summed E-state index contributed by atoms with van der Waals surface area (Å²) >= 11 is 0. The molecule has 0 unspecified atom stereocenters. The third-order valence-electron chi connectivity index (χ3n) is 1.95. The number of aldehydes is 1. The molecule has 0 atom stereocenters. The van der Waals surface area contributed by atoms with Crippen molar-refractivity contribution in [3.05, 3.63) is 38.9 Å². The molecule has 16 heavy (non-hydrogen) atoms. The molecule has 0 aliphatic heterocycles. The van der Waals surface area contributed by atoms with Gasteiger partial charge in [0.05, 0.1) is 10.5 Å². The largest absolute Gasteiger partial charge is 0.298 e. The average molecular weight is 218 g/mol. The summed E-state index contributed by atoms with van der Waals surface area (Å²) in [4.78, 5) is 31.6. The highest BCUT2D eigenvalue weighted by Gasteiger charge is 2.23. The summed E-state index contributed by atoms with van der Waals surface area (Å²) < 4.78 is 0. The predicted octanol–water partition coefficient (Wildman–Crippen LogP) is 1.48. The molecule has 0 fully saturated rings. The van der Waals surface area contributed by atoms with Crippen LogP contribution in [0.5, 0.6) is 0 Å². The van der Waals surface area contributed by atoms with Gasteiger partial charge in [-0.3, -0.25) is 19.7 Å². The van der Waals surface area contributed by atoms with Gasteiger partial charge in [-0.25, -0.2) is 0 Å². The van der Waals surface area contributed by atoms with Gasteiger partial charge in [0.15, 0.2) is 5.78 Å². The second kappa shape index (κ2) is 4.31. The van der Waals surface area contributed by atoms with E-state index in [2.05, 4.69) is 0 Å². The summed E-state index contributed by atoms with van der Waals surface area (Å²) in [5, 5.41) is 19.4. The number of carbonyl (C=O) groups excluding carboxylic acids is 2.